The molecule has 149 heavy (non-hydrogen) atoms. The maximum atomic E-state index is 12.3. The van der Waals surface area contributed by atoms with Crippen LogP contribution in [0.3, 0.4) is 0 Å². The molecule has 1 fully saturated rings. The molecule has 1 saturated heterocycles. The van der Waals surface area contributed by atoms with E-state index in [-0.39, 0.29) is 102 Å². The molecular formula is C100H90Br2Cl3N33O11. The predicted octanol–water partition coefficient (Wildman–Crippen LogP) is 16.4. The highest BCUT2D eigenvalue weighted by atomic mass is 79.9. The van der Waals surface area contributed by atoms with Gasteiger partial charge in [0, 0.05) is 72.6 Å². The second-order valence-corrected chi connectivity index (χ2v) is 33.0. The number of benzene rings is 1. The van der Waals surface area contributed by atoms with Crippen molar-refractivity contribution in [2.45, 2.75) is 47.0 Å². The van der Waals surface area contributed by atoms with E-state index in [9.17, 15) is 43.2 Å². The maximum Gasteiger partial charge on any atom is 0.356 e. The van der Waals surface area contributed by atoms with Crippen LogP contribution in [0.25, 0.3) is 10.9 Å². The second kappa shape index (κ2) is 56.5. The number of methoxy groups -OCH3 is 2. The Morgan fingerprint density at radius 3 is 1.19 bits per heavy atom. The van der Waals surface area contributed by atoms with Gasteiger partial charge in [-0.05, 0) is 218 Å². The fourth-order valence-electron chi connectivity index (χ4n) is 12.3. The molecule has 1 aliphatic rings. The number of fused-ring (bicyclic) bond motifs is 1. The Labute approximate surface area is 882 Å². The normalized spacial score (nSPS) is 10.7. The minimum absolute atomic E-state index is 0.00131. The van der Waals surface area contributed by atoms with Gasteiger partial charge in [-0.1, -0.05) is 126 Å². The summed E-state index contributed by atoms with van der Waals surface area (Å²) in [5, 5.41) is 22.3. The van der Waals surface area contributed by atoms with Gasteiger partial charge in [-0.3, -0.25) is 38.4 Å². The Balaban J connectivity index is 0.000000162. The number of pyridine rings is 12. The SMILES string of the molecule is COC(=O)c1cccc(NC(=O)c2nc(Cl)cnc2N)n1.COc1cccc(C(=O)Nc2ccccn2)n1.Cc1cccc(NC(=O)c2cccc(Br)n2)n1.Cc1cccc(NC(=O)c2cccc(C)n2)n1.Cc1cccnc1NC(=O)c1nc(Cl)cnc1N.Nc1nc(N2CCCCC2)c(Cl)nc1C(=O)Nc1ccccn1.Nc1ncc(Br)nc1C(=O)Nc1ccccn1.O=C(Nc1ccccn1)c1ccc2ccccc2n1. The van der Waals surface area contributed by atoms with E-state index >= 15 is 0 Å². The first-order valence-corrected chi connectivity index (χ1v) is 46.9. The number of halogens is 5. The van der Waals surface area contributed by atoms with Crippen LogP contribution in [0.2, 0.25) is 15.5 Å². The molecule has 16 N–H and O–H groups in total. The van der Waals surface area contributed by atoms with Gasteiger partial charge >= 0.3 is 5.97 Å². The third-order valence-electron chi connectivity index (χ3n) is 19.3. The minimum atomic E-state index is -0.642. The van der Waals surface area contributed by atoms with Crippen LogP contribution in [-0.2, 0) is 4.74 Å². The van der Waals surface area contributed by atoms with Gasteiger partial charge in [-0.15, -0.1) is 0 Å². The zero-order chi connectivity index (χ0) is 107. The summed E-state index contributed by atoms with van der Waals surface area (Å²) in [5.74, 6) is 0.739. The number of esters is 1. The number of rotatable bonds is 19. The lowest BCUT2D eigenvalue weighted by Crippen LogP contribution is -2.31. The summed E-state index contributed by atoms with van der Waals surface area (Å²) >= 11 is 23.9. The zero-order valence-corrected chi connectivity index (χ0v) is 85.1. The Morgan fingerprint density at radius 2 is 0.711 bits per heavy atom. The van der Waals surface area contributed by atoms with Crippen LogP contribution in [0.1, 0.15) is 136 Å². The van der Waals surface area contributed by atoms with Gasteiger partial charge in [0.25, 0.3) is 47.3 Å². The first-order valence-electron chi connectivity index (χ1n) is 44.2. The number of aromatic nitrogens is 20. The molecule has 0 aliphatic carbocycles. The zero-order valence-electron chi connectivity index (χ0n) is 79.7. The first kappa shape index (κ1) is 111. The van der Waals surface area contributed by atoms with Gasteiger partial charge in [0.1, 0.15) is 88.8 Å². The van der Waals surface area contributed by atoms with Crippen molar-refractivity contribution in [2.24, 2.45) is 0 Å². The van der Waals surface area contributed by atoms with Crippen LogP contribution in [0, 0.1) is 27.7 Å². The number of hydrogen-bond donors (Lipinski definition) is 12. The predicted molar refractivity (Wildman–Crippen MR) is 571 cm³/mol. The number of nitrogen functional groups attached to an aromatic ring is 4. The number of anilines is 13. The van der Waals surface area contributed by atoms with Gasteiger partial charge in [-0.2, -0.15) is 0 Å². The highest BCUT2D eigenvalue weighted by Gasteiger charge is 2.25. The summed E-state index contributed by atoms with van der Waals surface area (Å²) in [6.07, 6.45) is 15.3. The molecule has 0 bridgehead atoms. The van der Waals surface area contributed by atoms with Crippen molar-refractivity contribution < 1.29 is 52.6 Å². The average molecular weight is 2200 g/mol. The topological polar surface area (TPSA) is 633 Å². The number of hydrogen-bond acceptors (Lipinski definition) is 36. The maximum absolute atomic E-state index is 12.3. The fourth-order valence-corrected chi connectivity index (χ4v) is 13.4. The van der Waals surface area contributed by atoms with E-state index in [2.05, 4.69) is 184 Å². The van der Waals surface area contributed by atoms with Crippen LogP contribution in [0.5, 0.6) is 5.88 Å². The fraction of sp³-hybridized carbons (Fsp3) is 0.110. The van der Waals surface area contributed by atoms with E-state index in [1.165, 1.54) is 51.4 Å². The van der Waals surface area contributed by atoms with E-state index in [1.54, 1.807) is 177 Å². The van der Waals surface area contributed by atoms with Crippen molar-refractivity contribution in [3.8, 4) is 5.88 Å². The number of aryl methyl sites for hydroxylation is 4. The van der Waals surface area contributed by atoms with Gasteiger partial charge < -0.3 is 79.8 Å². The van der Waals surface area contributed by atoms with Crippen molar-refractivity contribution in [2.75, 3.05) is 97.7 Å². The van der Waals surface area contributed by atoms with Crippen LogP contribution < -0.4 is 75.1 Å². The molecule has 0 saturated carbocycles. The van der Waals surface area contributed by atoms with Gasteiger partial charge in [-0.25, -0.2) is 104 Å². The monoisotopic (exact) mass is 2190 g/mol. The number of para-hydroxylation sites is 1. The van der Waals surface area contributed by atoms with E-state index in [0.29, 0.717) is 78.7 Å². The number of nitrogens with two attached hydrogens (primary N) is 4. The molecule has 16 aromatic heterocycles. The molecule has 17 aromatic rings. The van der Waals surface area contributed by atoms with Crippen molar-refractivity contribution >= 4 is 206 Å². The van der Waals surface area contributed by atoms with E-state index < -0.39 is 29.6 Å². The standard InChI is InChI=1S/C15H17ClN6O.C15H11N3O.C13H13N3O.C12H10BrN3O.C12H10ClN5O3.C12H11N3O2.C11H10ClN5O.C10H8BrN5O/c16-12-14(22-8-4-1-5-9-22)21-13(17)11(20-12)15(23)19-10-6-2-3-7-18-10;19-15(18-14-7-3-4-10-16-14)13-9-8-11-5-1-2-6-12(11)17-13;1-9-5-3-7-11(14-9)13(17)16-12-8-4-6-10(2)15-12;1-8-4-2-7-11(14-8)16-12(17)9-5-3-6-10(13)15-9;1-21-12(20)6-3-2-4-8(16-6)18-11(19)9-10(14)15-5-7(13)17-9;1-17-11-7-4-5-9(14-11)12(16)15-10-6-2-3-8-13-10;1-6-3-2-4-14-10(6)17-11(18)8-9(13)15-5-7(12)16-8;11-6-5-14-9(12)8(15-6)10(17)16-7-3-1-2-4-13-7/h2-3,6-7H,1,4-5,8-9H2,(H2,17,21)(H,18,19,23);1-10H,(H,16,18,19);3-8H,1-2H3,(H,15,16,17);2-7H,1H3,(H,14,16,17);2-5H,1H3,(H2,14,15)(H,16,18,19);2-8H,1H3,(H,13,15,16);2-5H,1H3,(H2,13,15)(H,14,17,18);1-5H,(H2,12,14)(H,13,16,17). The van der Waals surface area contributed by atoms with Crippen molar-refractivity contribution in [3.05, 3.63) is 379 Å². The van der Waals surface area contributed by atoms with Crippen LogP contribution >= 0.6 is 66.7 Å². The summed E-state index contributed by atoms with van der Waals surface area (Å²) in [5.41, 5.74) is 28.1. The molecular weight excluding hydrogens is 2110 g/mol. The van der Waals surface area contributed by atoms with E-state index in [4.69, 9.17) is 62.5 Å². The number of carbonyl (C=O) groups excluding carboxylic acids is 9. The number of amides is 8. The van der Waals surface area contributed by atoms with Gasteiger partial charge in [0.15, 0.2) is 62.7 Å². The number of nitrogens with zero attached hydrogens (tertiary/aromatic N) is 21. The van der Waals surface area contributed by atoms with E-state index in [1.807, 2.05) is 100 Å². The van der Waals surface area contributed by atoms with Crippen molar-refractivity contribution in [1.82, 2.24) is 99.7 Å². The Kier molecular flexibility index (Phi) is 42.0. The smallest absolute Gasteiger partial charge is 0.356 e. The summed E-state index contributed by atoms with van der Waals surface area (Å²) in [4.78, 5) is 189. The second-order valence-electron chi connectivity index (χ2n) is 30.3. The van der Waals surface area contributed by atoms with Crippen LogP contribution in [0.4, 0.5) is 75.6 Å². The molecule has 44 nitrogen and oxygen atoms in total. The quantitative estimate of drug-likeness (QED) is 0.0264. The number of nitrogens with one attached hydrogen (secondary N) is 8. The molecule has 49 heteroatoms. The summed E-state index contributed by atoms with van der Waals surface area (Å²) in [6, 6.07) is 66.8. The molecule has 0 radical (unpaired) electrons. The highest BCUT2D eigenvalue weighted by Crippen LogP contribution is 2.29. The van der Waals surface area contributed by atoms with Crippen LogP contribution in [-0.4, -0.2) is 180 Å². The molecule has 1 aliphatic heterocycles. The molecule has 8 amide bonds. The Morgan fingerprint density at radius 1 is 0.315 bits per heavy atom. The summed E-state index contributed by atoms with van der Waals surface area (Å²) < 4.78 is 10.6. The average Bonchev–Trinajstić information content (AvgIpc) is 0.801. The third-order valence-corrected chi connectivity index (χ3v) is 20.7. The first-order chi connectivity index (χ1) is 71.8. The molecule has 0 spiro atoms. The lowest BCUT2D eigenvalue weighted by Gasteiger charge is -2.28. The Hall–Kier alpha value is -18.5. The van der Waals surface area contributed by atoms with E-state index in [0.717, 1.165) is 59.5 Å². The third kappa shape index (κ3) is 35.5. The molecule has 17 heterocycles. The lowest BCUT2D eigenvalue weighted by atomic mass is 10.1. The molecule has 0 unspecified atom stereocenters. The van der Waals surface area contributed by atoms with Gasteiger partial charge in [0.05, 0.1) is 38.3 Å². The lowest BCUT2D eigenvalue weighted by molar-refractivity contribution is 0.0592. The molecule has 1 aromatic carbocycles. The Bertz CT molecular complexity index is 7450. The summed E-state index contributed by atoms with van der Waals surface area (Å²) in [6.45, 7) is 9.16. The highest BCUT2D eigenvalue weighted by molar-refractivity contribution is 9.10. The number of carbonyl (C=O) groups is 9. The van der Waals surface area contributed by atoms with Crippen molar-refractivity contribution in [3.63, 3.8) is 0 Å². The summed E-state index contributed by atoms with van der Waals surface area (Å²) in [7, 11) is 2.74. The van der Waals surface area contributed by atoms with Crippen molar-refractivity contribution in [1.29, 1.82) is 0 Å². The number of ether oxygens (including phenoxy) is 2. The van der Waals surface area contributed by atoms with Gasteiger partial charge in [0.2, 0.25) is 5.88 Å². The molecule has 18 rings (SSSR count). The molecule has 0 atom stereocenters. The minimum Gasteiger partial charge on any atom is -0.481 e. The number of piperidine rings is 1. The largest absolute Gasteiger partial charge is 0.481 e. The molecule has 756 valence electrons. The van der Waals surface area contributed by atoms with Crippen LogP contribution in [0.15, 0.2) is 289 Å².